The first-order chi connectivity index (χ1) is 15.0. The molecule has 2 rings (SSSR count). The highest BCUT2D eigenvalue weighted by Gasteiger charge is 2.37. The lowest BCUT2D eigenvalue weighted by Gasteiger charge is -2.28. The Hall–Kier alpha value is -2.11. The topological polar surface area (TPSA) is 137 Å². The maximum absolute atomic E-state index is 12.8. The van der Waals surface area contributed by atoms with Crippen molar-refractivity contribution in [3.8, 4) is 5.75 Å². The standard InChI is InChI=1S/C22H32N2O7S/c1-22(2,3)10-9-13(25)17(26)18(27)19(31-5)21(29)23-12-11-32-15-8-6-7-14(30-4)16(15)24-20(12)28/h6-10,12-13,17-19,25-27H,11H2,1-5H3,(H,23,29)(H,24,28)/b10-9+/t12-,13+,17-,18+,19+/m0/s1. The molecule has 32 heavy (non-hydrogen) atoms. The van der Waals surface area contributed by atoms with Crippen LogP contribution in [0.25, 0.3) is 0 Å². The van der Waals surface area contributed by atoms with Gasteiger partial charge in [-0.1, -0.05) is 39.0 Å². The molecule has 1 aliphatic heterocycles. The number of benzene rings is 1. The lowest BCUT2D eigenvalue weighted by molar-refractivity contribution is -0.150. The van der Waals surface area contributed by atoms with E-state index in [1.54, 1.807) is 18.2 Å². The van der Waals surface area contributed by atoms with Crippen molar-refractivity contribution in [3.63, 3.8) is 0 Å². The van der Waals surface area contributed by atoms with Crippen molar-refractivity contribution >= 4 is 29.3 Å². The molecule has 9 nitrogen and oxygen atoms in total. The number of rotatable bonds is 8. The summed E-state index contributed by atoms with van der Waals surface area (Å²) in [7, 11) is 2.69. The summed E-state index contributed by atoms with van der Waals surface area (Å²) in [5.74, 6) is -0.498. The number of nitrogens with one attached hydrogen (secondary N) is 2. The molecule has 0 aromatic heterocycles. The van der Waals surface area contributed by atoms with E-state index in [1.165, 1.54) is 32.1 Å². The molecule has 1 aliphatic rings. The molecule has 0 radical (unpaired) electrons. The van der Waals surface area contributed by atoms with Crippen LogP contribution in [0.5, 0.6) is 5.75 Å². The van der Waals surface area contributed by atoms with Crippen molar-refractivity contribution in [3.05, 3.63) is 30.4 Å². The fourth-order valence-corrected chi connectivity index (χ4v) is 4.08. The number of thioether (sulfide) groups is 1. The Morgan fingerprint density at radius 2 is 1.94 bits per heavy atom. The first-order valence-electron chi connectivity index (χ1n) is 10.2. The zero-order valence-corrected chi connectivity index (χ0v) is 19.7. The van der Waals surface area contributed by atoms with Crippen LogP contribution in [-0.2, 0) is 14.3 Å². The van der Waals surface area contributed by atoms with Gasteiger partial charge in [-0.25, -0.2) is 0 Å². The maximum atomic E-state index is 12.8. The molecule has 178 valence electrons. The Kier molecular flexibility index (Phi) is 9.11. The summed E-state index contributed by atoms with van der Waals surface area (Å²) in [6.07, 6.45) is -3.25. The first-order valence-corrected chi connectivity index (χ1v) is 11.1. The molecule has 1 heterocycles. The van der Waals surface area contributed by atoms with Crippen molar-refractivity contribution in [2.24, 2.45) is 5.41 Å². The molecule has 0 saturated carbocycles. The molecule has 0 saturated heterocycles. The van der Waals surface area contributed by atoms with Crippen molar-refractivity contribution in [1.82, 2.24) is 5.32 Å². The van der Waals surface area contributed by atoms with E-state index in [-0.39, 0.29) is 11.2 Å². The van der Waals surface area contributed by atoms with Gasteiger partial charge in [-0.05, 0) is 17.5 Å². The minimum Gasteiger partial charge on any atom is -0.495 e. The van der Waals surface area contributed by atoms with E-state index in [4.69, 9.17) is 9.47 Å². The van der Waals surface area contributed by atoms with Crippen LogP contribution in [0.3, 0.4) is 0 Å². The number of carbonyl (C=O) groups is 2. The maximum Gasteiger partial charge on any atom is 0.252 e. The highest BCUT2D eigenvalue weighted by atomic mass is 32.2. The van der Waals surface area contributed by atoms with E-state index in [0.29, 0.717) is 11.4 Å². The van der Waals surface area contributed by atoms with Gasteiger partial charge in [0.2, 0.25) is 5.91 Å². The Morgan fingerprint density at radius 3 is 2.53 bits per heavy atom. The van der Waals surface area contributed by atoms with E-state index in [1.807, 2.05) is 26.8 Å². The third kappa shape index (κ3) is 6.69. The highest BCUT2D eigenvalue weighted by molar-refractivity contribution is 7.99. The second kappa shape index (κ2) is 11.2. The van der Waals surface area contributed by atoms with Crippen LogP contribution in [0.15, 0.2) is 35.2 Å². The van der Waals surface area contributed by atoms with Gasteiger partial charge in [0.25, 0.3) is 5.91 Å². The minimum absolute atomic E-state index is 0.240. The van der Waals surface area contributed by atoms with Crippen LogP contribution in [0.4, 0.5) is 5.69 Å². The molecule has 5 atom stereocenters. The van der Waals surface area contributed by atoms with E-state index in [9.17, 15) is 24.9 Å². The minimum atomic E-state index is -1.72. The quantitative estimate of drug-likeness (QED) is 0.355. The van der Waals surface area contributed by atoms with Crippen LogP contribution < -0.4 is 15.4 Å². The Bertz CT molecular complexity index is 840. The monoisotopic (exact) mass is 468 g/mol. The first kappa shape index (κ1) is 26.1. The number of para-hydroxylation sites is 1. The normalized spacial score (nSPS) is 20.5. The molecular formula is C22H32N2O7S. The van der Waals surface area contributed by atoms with Crippen LogP contribution in [0, 0.1) is 5.41 Å². The number of allylic oxidation sites excluding steroid dienone is 1. The van der Waals surface area contributed by atoms with Gasteiger partial charge in [0.15, 0.2) is 6.10 Å². The summed E-state index contributed by atoms with van der Waals surface area (Å²) in [6.45, 7) is 5.73. The summed E-state index contributed by atoms with van der Waals surface area (Å²) in [5, 5.41) is 36.2. The number of fused-ring (bicyclic) bond motifs is 1. The van der Waals surface area contributed by atoms with Gasteiger partial charge in [0.05, 0.1) is 12.8 Å². The number of ether oxygens (including phenoxy) is 2. The second-order valence-electron chi connectivity index (χ2n) is 8.55. The van der Waals surface area contributed by atoms with Crippen molar-refractivity contribution in [2.75, 3.05) is 25.3 Å². The molecule has 2 amide bonds. The van der Waals surface area contributed by atoms with Gasteiger partial charge in [-0.15, -0.1) is 11.8 Å². The average molecular weight is 469 g/mol. The lowest BCUT2D eigenvalue weighted by atomic mass is 9.94. The second-order valence-corrected chi connectivity index (χ2v) is 9.61. The predicted octanol–water partition coefficient (Wildman–Crippen LogP) is 0.924. The van der Waals surface area contributed by atoms with Crippen LogP contribution >= 0.6 is 11.8 Å². The molecule has 0 bridgehead atoms. The fourth-order valence-electron chi connectivity index (χ4n) is 3.03. The molecule has 0 spiro atoms. The van der Waals surface area contributed by atoms with Crippen LogP contribution in [0.2, 0.25) is 0 Å². The SMILES string of the molecule is COc1cccc2c1NC(=O)[C@@H](NC(=O)[C@H](OC)[C@H](O)[C@@H](O)[C@H](O)/C=C/C(C)(C)C)CS2. The molecule has 1 aromatic rings. The number of aliphatic hydroxyl groups is 3. The number of aliphatic hydroxyl groups excluding tert-OH is 3. The molecule has 1 aromatic carbocycles. The number of methoxy groups -OCH3 is 2. The summed E-state index contributed by atoms with van der Waals surface area (Å²) in [6, 6.07) is 4.43. The molecule has 0 fully saturated rings. The van der Waals surface area contributed by atoms with Crippen LogP contribution in [-0.4, -0.2) is 77.6 Å². The number of amides is 2. The Balaban J connectivity index is 2.08. The average Bonchev–Trinajstić information content (AvgIpc) is 2.89. The zero-order chi connectivity index (χ0) is 24.1. The molecule has 5 N–H and O–H groups in total. The smallest absolute Gasteiger partial charge is 0.252 e. The number of carbonyl (C=O) groups excluding carboxylic acids is 2. The fraction of sp³-hybridized carbons (Fsp3) is 0.545. The van der Waals surface area contributed by atoms with Gasteiger partial charge in [0, 0.05) is 17.8 Å². The molecule has 10 heteroatoms. The number of hydrogen-bond acceptors (Lipinski definition) is 8. The summed E-state index contributed by atoms with van der Waals surface area (Å²) in [4.78, 5) is 26.2. The predicted molar refractivity (Wildman–Crippen MR) is 122 cm³/mol. The summed E-state index contributed by atoms with van der Waals surface area (Å²) >= 11 is 1.36. The van der Waals surface area contributed by atoms with E-state index >= 15 is 0 Å². The van der Waals surface area contributed by atoms with E-state index in [0.717, 1.165) is 4.90 Å². The van der Waals surface area contributed by atoms with Gasteiger partial charge >= 0.3 is 0 Å². The third-order valence-electron chi connectivity index (χ3n) is 4.81. The van der Waals surface area contributed by atoms with E-state index in [2.05, 4.69) is 10.6 Å². The highest BCUT2D eigenvalue weighted by Crippen LogP contribution is 2.37. The summed E-state index contributed by atoms with van der Waals surface area (Å²) < 4.78 is 10.4. The largest absolute Gasteiger partial charge is 0.495 e. The zero-order valence-electron chi connectivity index (χ0n) is 18.9. The Morgan fingerprint density at radius 1 is 1.25 bits per heavy atom. The molecular weight excluding hydrogens is 436 g/mol. The van der Waals surface area contributed by atoms with Gasteiger partial charge in [0.1, 0.15) is 30.1 Å². The number of hydrogen-bond donors (Lipinski definition) is 5. The van der Waals surface area contributed by atoms with Crippen molar-refractivity contribution in [1.29, 1.82) is 0 Å². The molecule has 0 unspecified atom stereocenters. The van der Waals surface area contributed by atoms with Gasteiger partial charge < -0.3 is 35.4 Å². The van der Waals surface area contributed by atoms with Gasteiger partial charge in [-0.3, -0.25) is 9.59 Å². The summed E-state index contributed by atoms with van der Waals surface area (Å²) in [5.41, 5.74) is 0.281. The van der Waals surface area contributed by atoms with Crippen molar-refractivity contribution in [2.45, 2.75) is 56.1 Å². The third-order valence-corrected chi connectivity index (χ3v) is 5.96. The van der Waals surface area contributed by atoms with Gasteiger partial charge in [-0.2, -0.15) is 0 Å². The molecule has 0 aliphatic carbocycles. The Labute approximate surface area is 192 Å². The van der Waals surface area contributed by atoms with Crippen LogP contribution in [0.1, 0.15) is 20.8 Å². The lowest BCUT2D eigenvalue weighted by Crippen LogP contribution is -2.55. The van der Waals surface area contributed by atoms with Crippen molar-refractivity contribution < 1.29 is 34.4 Å². The number of anilines is 1. The van der Waals surface area contributed by atoms with E-state index < -0.39 is 42.3 Å².